The number of likely N-dealkylation sites (N-methyl/N-ethyl adjacent to an activating group) is 1. The van der Waals surface area contributed by atoms with E-state index in [0.717, 1.165) is 37.9 Å². The van der Waals surface area contributed by atoms with Crippen molar-refractivity contribution in [3.05, 3.63) is 42.0 Å². The first-order valence-electron chi connectivity index (χ1n) is 15.4. The van der Waals surface area contributed by atoms with Gasteiger partial charge in [-0.1, -0.05) is 44.2 Å². The smallest absolute Gasteiger partial charge is 0.331 e. The maximum absolute atomic E-state index is 13.3. The summed E-state index contributed by atoms with van der Waals surface area (Å²) in [5.41, 5.74) is -2.80. The predicted molar refractivity (Wildman–Crippen MR) is 152 cm³/mol. The van der Waals surface area contributed by atoms with Crippen LogP contribution in [0.2, 0.25) is 0 Å². The number of likely N-dealkylation sites (tertiary alicyclic amines) is 1. The molecule has 0 radical (unpaired) electrons. The molecule has 7 rings (SSSR count). The number of aliphatic hydroxyl groups is 2. The number of piperidine rings is 1. The van der Waals surface area contributed by atoms with Gasteiger partial charge in [-0.15, -0.1) is 0 Å². The van der Waals surface area contributed by atoms with Crippen LogP contribution in [0.5, 0.6) is 0 Å². The maximum atomic E-state index is 13.3. The van der Waals surface area contributed by atoms with E-state index in [1.54, 1.807) is 27.4 Å². The minimum absolute atomic E-state index is 0.00481. The molecule has 1 aliphatic heterocycles. The lowest BCUT2D eigenvalue weighted by Gasteiger charge is -2.69. The van der Waals surface area contributed by atoms with E-state index in [9.17, 15) is 15.0 Å². The Balaban J connectivity index is 1.38. The zero-order chi connectivity index (χ0) is 28.9. The summed E-state index contributed by atoms with van der Waals surface area (Å²) in [4.78, 5) is 15.7. The second kappa shape index (κ2) is 9.34. The molecule has 0 unspecified atom stereocenters. The van der Waals surface area contributed by atoms with Crippen LogP contribution in [0.25, 0.3) is 6.08 Å². The Labute approximate surface area is 243 Å². The third-order valence-electron chi connectivity index (χ3n) is 12.7. The number of esters is 1. The number of hydrogen-bond acceptors (Lipinski definition) is 8. The fraction of sp³-hybridized carbons (Fsp3) is 0.727. The number of ether oxygens (including phenoxy) is 4. The number of carbonyl (C=O) groups excluding carboxylic acids is 1. The van der Waals surface area contributed by atoms with Gasteiger partial charge in [0.05, 0.1) is 24.4 Å². The molecule has 6 fully saturated rings. The molecule has 13 atom stereocenters. The summed E-state index contributed by atoms with van der Waals surface area (Å²) < 4.78 is 25.0. The van der Waals surface area contributed by atoms with Gasteiger partial charge in [-0.25, -0.2) is 4.79 Å². The highest BCUT2D eigenvalue weighted by atomic mass is 16.6. The van der Waals surface area contributed by atoms with Crippen molar-refractivity contribution in [2.45, 2.75) is 81.2 Å². The molecule has 5 saturated carbocycles. The summed E-state index contributed by atoms with van der Waals surface area (Å²) in [5.74, 6) is -0.993. The summed E-state index contributed by atoms with van der Waals surface area (Å²) in [7, 11) is 5.13. The minimum Gasteiger partial charge on any atom is -0.458 e. The van der Waals surface area contributed by atoms with E-state index in [-0.39, 0.29) is 47.8 Å². The fourth-order valence-corrected chi connectivity index (χ4v) is 11.7. The van der Waals surface area contributed by atoms with E-state index in [0.29, 0.717) is 0 Å². The molecule has 1 heterocycles. The van der Waals surface area contributed by atoms with Gasteiger partial charge in [-0.3, -0.25) is 4.90 Å². The molecule has 0 aromatic heterocycles. The second-order valence-electron chi connectivity index (χ2n) is 13.9. The number of carbonyl (C=O) groups is 1. The standard InChI is InChI=1S/C33H45NO7/c1-6-34-18-30(2)15-14-23(39-4)32-21-16-20-22(38-3)17-31(36,33(37,29(32)34)28(40-5)27(30)32)25(21)26(20)41-24(35)13-12-19-10-8-7-9-11-19/h7-13,20-23,25-29,36-37H,6,14-18H2,1-5H3/b13-12-/t20-,21-,22+,23+,25-,26+,27-,28+,29+,30+,31-,32+,33-/m1/s1. The van der Waals surface area contributed by atoms with Crippen molar-refractivity contribution in [2.24, 2.45) is 34.5 Å². The molecule has 1 aromatic carbocycles. The molecule has 0 amide bonds. The van der Waals surface area contributed by atoms with Gasteiger partial charge in [0.1, 0.15) is 17.3 Å². The molecular weight excluding hydrogens is 522 g/mol. The van der Waals surface area contributed by atoms with Crippen molar-refractivity contribution in [3.63, 3.8) is 0 Å². The first-order chi connectivity index (χ1) is 19.6. The Kier molecular flexibility index (Phi) is 6.38. The normalized spacial score (nSPS) is 51.2. The Hall–Kier alpha value is -1.81. The molecular formula is C33H45NO7. The van der Waals surface area contributed by atoms with Gasteiger partial charge in [-0.05, 0) is 48.8 Å². The maximum Gasteiger partial charge on any atom is 0.331 e. The molecule has 6 aliphatic rings. The molecule has 1 spiro atoms. The molecule has 1 saturated heterocycles. The van der Waals surface area contributed by atoms with Crippen molar-refractivity contribution in [1.29, 1.82) is 0 Å². The van der Waals surface area contributed by atoms with Crippen molar-refractivity contribution >= 4 is 12.0 Å². The number of methoxy groups -OCH3 is 3. The van der Waals surface area contributed by atoms with Crippen molar-refractivity contribution in [2.75, 3.05) is 34.4 Å². The van der Waals surface area contributed by atoms with Crippen LogP contribution < -0.4 is 0 Å². The van der Waals surface area contributed by atoms with Crippen LogP contribution in [0.15, 0.2) is 36.4 Å². The Morgan fingerprint density at radius 3 is 2.54 bits per heavy atom. The molecule has 5 aliphatic carbocycles. The summed E-state index contributed by atoms with van der Waals surface area (Å²) in [6.07, 6.45) is 4.50. The lowest BCUT2D eigenvalue weighted by atomic mass is 9.43. The molecule has 8 heteroatoms. The monoisotopic (exact) mass is 567 g/mol. The molecule has 7 bridgehead atoms. The van der Waals surface area contributed by atoms with Gasteiger partial charge in [0.15, 0.2) is 0 Å². The SMILES string of the molecule is CCN1C[C@]2(C)CC[C@H](OC)[C@@]34[C@@H]5C[C@H]6[C@H](OC(=O)/C=C\c7ccccc7)[C@@H]5[C@](O)(C[C@@H]6OC)[C@@](O)([C@@H](OC)[C@H]23)[C@@H]14. The van der Waals surface area contributed by atoms with Crippen LogP contribution in [-0.4, -0.2) is 97.2 Å². The van der Waals surface area contributed by atoms with Crippen molar-refractivity contribution < 1.29 is 34.0 Å². The van der Waals surface area contributed by atoms with E-state index in [1.165, 1.54) is 6.08 Å². The number of nitrogens with zero attached hydrogens (tertiary/aromatic N) is 1. The minimum atomic E-state index is -1.58. The van der Waals surface area contributed by atoms with Gasteiger partial charge in [0, 0.05) is 63.5 Å². The first kappa shape index (κ1) is 28.0. The topological polar surface area (TPSA) is 97.7 Å². The fourth-order valence-electron chi connectivity index (χ4n) is 11.7. The average Bonchev–Trinajstić information content (AvgIpc) is 3.37. The van der Waals surface area contributed by atoms with Crippen LogP contribution in [-0.2, 0) is 23.7 Å². The van der Waals surface area contributed by atoms with E-state index in [4.69, 9.17) is 18.9 Å². The van der Waals surface area contributed by atoms with E-state index in [1.807, 2.05) is 30.3 Å². The quantitative estimate of drug-likeness (QED) is 0.384. The number of hydrogen-bond donors (Lipinski definition) is 2. The number of fused-ring (bicyclic) bond motifs is 2. The van der Waals surface area contributed by atoms with E-state index in [2.05, 4.69) is 18.7 Å². The van der Waals surface area contributed by atoms with Crippen LogP contribution in [0.1, 0.15) is 45.1 Å². The molecule has 8 nitrogen and oxygen atoms in total. The zero-order valence-electron chi connectivity index (χ0n) is 24.9. The lowest BCUT2D eigenvalue weighted by Crippen LogP contribution is -2.81. The van der Waals surface area contributed by atoms with Gasteiger partial charge < -0.3 is 29.2 Å². The number of rotatable bonds is 7. The lowest BCUT2D eigenvalue weighted by molar-refractivity contribution is -0.317. The number of benzene rings is 1. The van der Waals surface area contributed by atoms with E-state index >= 15 is 0 Å². The molecule has 224 valence electrons. The van der Waals surface area contributed by atoms with Gasteiger partial charge in [0.2, 0.25) is 0 Å². The highest BCUT2D eigenvalue weighted by molar-refractivity contribution is 5.87. The predicted octanol–water partition coefficient (Wildman–Crippen LogP) is 2.91. The largest absolute Gasteiger partial charge is 0.458 e. The van der Waals surface area contributed by atoms with Crippen molar-refractivity contribution in [3.8, 4) is 0 Å². The van der Waals surface area contributed by atoms with Gasteiger partial charge in [-0.2, -0.15) is 0 Å². The van der Waals surface area contributed by atoms with Gasteiger partial charge in [0.25, 0.3) is 0 Å². The van der Waals surface area contributed by atoms with Crippen LogP contribution in [0.4, 0.5) is 0 Å². The Morgan fingerprint density at radius 2 is 1.88 bits per heavy atom. The Bertz CT molecular complexity index is 1230. The molecule has 1 aromatic rings. The molecule has 2 N–H and O–H groups in total. The average molecular weight is 568 g/mol. The first-order valence-corrected chi connectivity index (χ1v) is 15.4. The zero-order valence-corrected chi connectivity index (χ0v) is 24.9. The summed E-state index contributed by atoms with van der Waals surface area (Å²) in [5, 5.41) is 26.3. The van der Waals surface area contributed by atoms with Crippen LogP contribution >= 0.6 is 0 Å². The van der Waals surface area contributed by atoms with Crippen LogP contribution in [0.3, 0.4) is 0 Å². The Morgan fingerprint density at radius 1 is 1.12 bits per heavy atom. The summed E-state index contributed by atoms with van der Waals surface area (Å²) in [6.45, 7) is 6.10. The van der Waals surface area contributed by atoms with Crippen molar-refractivity contribution in [1.82, 2.24) is 4.90 Å². The van der Waals surface area contributed by atoms with Gasteiger partial charge >= 0.3 is 5.97 Å². The molecule has 41 heavy (non-hydrogen) atoms. The summed E-state index contributed by atoms with van der Waals surface area (Å²) in [6, 6.07) is 9.32. The third kappa shape index (κ3) is 3.24. The van der Waals surface area contributed by atoms with Crippen LogP contribution in [0, 0.1) is 34.5 Å². The highest BCUT2D eigenvalue weighted by Crippen LogP contribution is 2.80. The third-order valence-corrected chi connectivity index (χ3v) is 12.7. The second-order valence-corrected chi connectivity index (χ2v) is 13.9. The highest BCUT2D eigenvalue weighted by Gasteiger charge is 2.91. The summed E-state index contributed by atoms with van der Waals surface area (Å²) >= 11 is 0. The van der Waals surface area contributed by atoms with E-state index < -0.39 is 40.7 Å².